The van der Waals surface area contributed by atoms with E-state index < -0.39 is 7.26 Å². The van der Waals surface area contributed by atoms with Crippen molar-refractivity contribution in [3.8, 4) is 0 Å². The molecule has 0 bridgehead atoms. The van der Waals surface area contributed by atoms with Gasteiger partial charge in [0.1, 0.15) is 28.5 Å². The minimum absolute atomic E-state index is 0. The maximum Gasteiger partial charge on any atom is 0.144 e. The van der Waals surface area contributed by atoms with E-state index in [4.69, 9.17) is 0 Å². The van der Waals surface area contributed by atoms with Crippen molar-refractivity contribution in [2.75, 3.05) is 0 Å². The van der Waals surface area contributed by atoms with Crippen LogP contribution in [-0.4, -0.2) is 0 Å². The Bertz CT molecular complexity index is 759. The molecule has 0 nitrogen and oxygen atoms in total. The van der Waals surface area contributed by atoms with Crippen molar-refractivity contribution in [3.05, 3.63) is 121 Å². The fraction of sp³-hybridized carbons (Fsp3) is 0.0769. The highest BCUT2D eigenvalue weighted by Gasteiger charge is 2.47. The summed E-state index contributed by atoms with van der Waals surface area (Å²) in [7, 11) is -1.91. The molecule has 4 aromatic rings. The van der Waals surface area contributed by atoms with Crippen LogP contribution in [-0.2, 0) is 0 Å². The minimum Gasteiger partial charge on any atom is -1.00 e. The fourth-order valence-corrected chi connectivity index (χ4v) is 7.77. The summed E-state index contributed by atoms with van der Waals surface area (Å²) in [6.07, 6.45) is 0. The summed E-state index contributed by atoms with van der Waals surface area (Å²) in [4.78, 5) is 0. The monoisotopic (exact) mass is 372 g/mol. The molecule has 27 heavy (non-hydrogen) atoms. The van der Waals surface area contributed by atoms with Gasteiger partial charge in [0.2, 0.25) is 0 Å². The maximum atomic E-state index is 2.28. The molecule has 0 spiro atoms. The van der Waals surface area contributed by atoms with Gasteiger partial charge in [0, 0.05) is 0 Å². The van der Waals surface area contributed by atoms with Crippen LogP contribution in [0.1, 0.15) is 15.3 Å². The van der Waals surface area contributed by atoms with E-state index in [1.165, 1.54) is 21.2 Å². The van der Waals surface area contributed by atoms with E-state index in [1.807, 2.05) is 13.8 Å². The molecule has 1 heteroatoms. The lowest BCUT2D eigenvalue weighted by atomic mass is 10.3. The fourth-order valence-electron chi connectivity index (χ4n) is 3.50. The van der Waals surface area contributed by atoms with Crippen molar-refractivity contribution < 1.29 is 1.43 Å². The van der Waals surface area contributed by atoms with Gasteiger partial charge in [0.15, 0.2) is 0 Å². The molecule has 136 valence electrons. The first kappa shape index (κ1) is 19.1. The number of hydrogen-bond acceptors (Lipinski definition) is 0. The second-order valence-electron chi connectivity index (χ2n) is 6.01. The van der Waals surface area contributed by atoms with E-state index in [2.05, 4.69) is 121 Å². The van der Waals surface area contributed by atoms with Crippen LogP contribution in [0.2, 0.25) is 0 Å². The normalized spacial score (nSPS) is 10.6. The van der Waals surface area contributed by atoms with Gasteiger partial charge in [-0.2, -0.15) is 0 Å². The first-order valence-corrected chi connectivity index (χ1v) is 11.3. The molecule has 0 radical (unpaired) electrons. The van der Waals surface area contributed by atoms with Crippen molar-refractivity contribution in [1.29, 1.82) is 0 Å². The van der Waals surface area contributed by atoms with Crippen LogP contribution in [0.3, 0.4) is 0 Å². The van der Waals surface area contributed by atoms with Crippen molar-refractivity contribution in [3.63, 3.8) is 0 Å². The average Bonchev–Trinajstić information content (AvgIpc) is 2.79. The largest absolute Gasteiger partial charge is 1.00 e. The molecule has 0 atom stereocenters. The molecular weight excluding hydrogens is 343 g/mol. The van der Waals surface area contributed by atoms with Gasteiger partial charge in [0.25, 0.3) is 0 Å². The van der Waals surface area contributed by atoms with Gasteiger partial charge in [-0.05, 0) is 48.5 Å². The summed E-state index contributed by atoms with van der Waals surface area (Å²) in [5.41, 5.74) is 0. The Morgan fingerprint density at radius 2 is 0.556 bits per heavy atom. The first-order chi connectivity index (χ1) is 13.4. The zero-order valence-electron chi connectivity index (χ0n) is 17.0. The Kier molecular flexibility index (Phi) is 6.58. The SMILES string of the molecule is CC.[3H-].c1ccc([P+](c2ccccc2)(c2ccccc2)c2ccccc2)cc1. The smallest absolute Gasteiger partial charge is 0.144 e. The molecule has 0 N–H and O–H groups in total. The molecule has 0 aliphatic heterocycles. The molecule has 0 aliphatic rings. The molecule has 0 fully saturated rings. The van der Waals surface area contributed by atoms with Crippen LogP contribution in [0.15, 0.2) is 121 Å². The molecule has 0 heterocycles. The van der Waals surface area contributed by atoms with E-state index >= 15 is 0 Å². The second-order valence-corrected chi connectivity index (χ2v) is 9.42. The maximum absolute atomic E-state index is 2.28. The van der Waals surface area contributed by atoms with Crippen molar-refractivity contribution in [1.82, 2.24) is 0 Å². The number of hydrogen-bond donors (Lipinski definition) is 0. The topological polar surface area (TPSA) is 0 Å². The summed E-state index contributed by atoms with van der Waals surface area (Å²) >= 11 is 0. The predicted molar refractivity (Wildman–Crippen MR) is 124 cm³/mol. The number of rotatable bonds is 4. The Labute approximate surface area is 165 Å². The molecule has 0 unspecified atom stereocenters. The summed E-state index contributed by atoms with van der Waals surface area (Å²) in [6, 6.07) is 43.8. The van der Waals surface area contributed by atoms with Crippen LogP contribution >= 0.6 is 7.26 Å². The van der Waals surface area contributed by atoms with Crippen LogP contribution in [0.5, 0.6) is 0 Å². The van der Waals surface area contributed by atoms with E-state index in [0.29, 0.717) is 0 Å². The summed E-state index contributed by atoms with van der Waals surface area (Å²) in [5.74, 6) is 0. The van der Waals surface area contributed by atoms with Crippen LogP contribution in [0.25, 0.3) is 0 Å². The lowest BCUT2D eigenvalue weighted by Crippen LogP contribution is -2.38. The summed E-state index contributed by atoms with van der Waals surface area (Å²) in [6.45, 7) is 4.00. The van der Waals surface area contributed by atoms with E-state index in [0.717, 1.165) is 0 Å². The molecule has 0 saturated carbocycles. The van der Waals surface area contributed by atoms with Crippen molar-refractivity contribution in [2.24, 2.45) is 0 Å². The highest BCUT2D eigenvalue weighted by Crippen LogP contribution is 2.53. The van der Waals surface area contributed by atoms with E-state index in [1.54, 1.807) is 0 Å². The molecule has 0 amide bonds. The van der Waals surface area contributed by atoms with E-state index in [-0.39, 0.29) is 1.43 Å². The molecule has 0 saturated heterocycles. The van der Waals surface area contributed by atoms with Crippen molar-refractivity contribution >= 4 is 28.5 Å². The van der Waals surface area contributed by atoms with Crippen LogP contribution in [0.4, 0.5) is 0 Å². The average molecular weight is 372 g/mol. The standard InChI is InChI=1S/C24H20P.C2H6.H/c1-5-13-21(14-6-1)25(22-15-7-2-8-16-22,23-17-9-3-10-18-23)24-19-11-4-12-20-24;1-2;/h1-20H;1-2H3;/q+1;;-1/i;;1+2. The van der Waals surface area contributed by atoms with Gasteiger partial charge >= 0.3 is 0 Å². The minimum atomic E-state index is -1.91. The molecule has 4 rings (SSSR count). The van der Waals surface area contributed by atoms with Crippen molar-refractivity contribution in [2.45, 2.75) is 13.8 Å². The second kappa shape index (κ2) is 9.31. The zero-order valence-corrected chi connectivity index (χ0v) is 16.9. The zero-order chi connectivity index (χ0) is 19.0. The molecular formula is C26H27P. The third-order valence-electron chi connectivity index (χ3n) is 4.57. The predicted octanol–water partition coefficient (Wildman–Crippen LogP) is 5.44. The first-order valence-electron chi connectivity index (χ1n) is 9.54. The Hall–Kier alpha value is -2.69. The highest BCUT2D eigenvalue weighted by atomic mass is 31.2. The Morgan fingerprint density at radius 3 is 0.741 bits per heavy atom. The van der Waals surface area contributed by atoms with Gasteiger partial charge in [0.05, 0.1) is 0 Å². The third-order valence-corrected chi connectivity index (χ3v) is 8.86. The number of benzene rings is 4. The Balaban J connectivity index is 0.000000906. The molecule has 0 aliphatic carbocycles. The van der Waals surface area contributed by atoms with Gasteiger partial charge in [-0.1, -0.05) is 86.6 Å². The highest BCUT2D eigenvalue weighted by molar-refractivity contribution is 8.01. The third kappa shape index (κ3) is 3.72. The summed E-state index contributed by atoms with van der Waals surface area (Å²) in [5, 5.41) is 5.55. The molecule has 4 aromatic carbocycles. The van der Waals surface area contributed by atoms with Crippen LogP contribution < -0.4 is 21.2 Å². The lowest BCUT2D eigenvalue weighted by molar-refractivity contribution is 1.50. The van der Waals surface area contributed by atoms with Crippen LogP contribution in [0, 0.1) is 0 Å². The lowest BCUT2D eigenvalue weighted by Gasteiger charge is -2.27. The van der Waals surface area contributed by atoms with Gasteiger partial charge in [-0.3, -0.25) is 0 Å². The van der Waals surface area contributed by atoms with Gasteiger partial charge in [-0.15, -0.1) is 0 Å². The van der Waals surface area contributed by atoms with Gasteiger partial charge in [-0.25, -0.2) is 0 Å². The Morgan fingerprint density at radius 1 is 0.370 bits per heavy atom. The quantitative estimate of drug-likeness (QED) is 0.418. The van der Waals surface area contributed by atoms with E-state index in [9.17, 15) is 0 Å². The summed E-state index contributed by atoms with van der Waals surface area (Å²) < 4.78 is 0. The van der Waals surface area contributed by atoms with Gasteiger partial charge < -0.3 is 1.43 Å². The molecule has 0 aromatic heterocycles.